The Morgan fingerprint density at radius 3 is 2.38 bits per heavy atom. The fraction of sp³-hybridized carbons (Fsp3) is 0.593. The number of ether oxygens (including phenoxy) is 1. The van der Waals surface area contributed by atoms with E-state index in [0.29, 0.717) is 18.1 Å². The number of benzene rings is 1. The van der Waals surface area contributed by atoms with Gasteiger partial charge in [-0.25, -0.2) is 0 Å². The molecule has 1 amide bonds. The third kappa shape index (κ3) is 9.07. The number of carbonyl (C=O) groups excluding carboxylic acids is 1. The normalized spacial score (nSPS) is 12.2. The number of carbonyl (C=O) groups is 1. The molecule has 178 valence electrons. The maximum Gasteiger partial charge on any atom is 0.287 e. The Balaban J connectivity index is 1.85. The first kappa shape index (κ1) is 26.0. The Morgan fingerprint density at radius 1 is 1.03 bits per heavy atom. The van der Waals surface area contributed by atoms with E-state index in [-0.39, 0.29) is 11.9 Å². The molecule has 0 fully saturated rings. The molecule has 0 aliphatic rings. The number of amides is 1. The third-order valence-electron chi connectivity index (χ3n) is 5.66. The predicted molar refractivity (Wildman–Crippen MR) is 131 cm³/mol. The fourth-order valence-corrected chi connectivity index (χ4v) is 3.78. The van der Waals surface area contributed by atoms with Crippen LogP contribution in [-0.2, 0) is 6.61 Å². The van der Waals surface area contributed by atoms with Crippen molar-refractivity contribution in [1.82, 2.24) is 10.2 Å². The van der Waals surface area contributed by atoms with Crippen molar-refractivity contribution < 1.29 is 13.9 Å². The van der Waals surface area contributed by atoms with Crippen molar-refractivity contribution in [2.24, 2.45) is 0 Å². The standard InChI is InChI=1S/C27H42N2O3/c1-6-8-10-16-29(17-11-9-7-2)19-23(5)28-27(30)25-15-14-24(32-25)20-31-26-18-21(3)12-13-22(26)4/h12-15,18,23H,6-11,16-17,19-20H2,1-5H3,(H,28,30). The number of nitrogens with zero attached hydrogens (tertiary/aromatic N) is 1. The van der Waals surface area contributed by atoms with E-state index in [1.165, 1.54) is 38.5 Å². The van der Waals surface area contributed by atoms with Gasteiger partial charge in [0.05, 0.1) is 0 Å². The average Bonchev–Trinajstić information content (AvgIpc) is 3.24. The van der Waals surface area contributed by atoms with Crippen molar-refractivity contribution >= 4 is 5.91 Å². The summed E-state index contributed by atoms with van der Waals surface area (Å²) in [6, 6.07) is 9.72. The SMILES string of the molecule is CCCCCN(CCCCC)CC(C)NC(=O)c1ccc(COc2cc(C)ccc2C)o1. The van der Waals surface area contributed by atoms with Gasteiger partial charge in [0.15, 0.2) is 5.76 Å². The molecule has 2 aromatic rings. The van der Waals surface area contributed by atoms with E-state index in [1.54, 1.807) is 6.07 Å². The second-order valence-corrected chi connectivity index (χ2v) is 8.91. The molecule has 5 nitrogen and oxygen atoms in total. The highest BCUT2D eigenvalue weighted by atomic mass is 16.5. The number of rotatable bonds is 15. The molecule has 0 saturated carbocycles. The van der Waals surface area contributed by atoms with E-state index in [9.17, 15) is 4.79 Å². The zero-order chi connectivity index (χ0) is 23.3. The van der Waals surface area contributed by atoms with Gasteiger partial charge in [-0.2, -0.15) is 0 Å². The Morgan fingerprint density at radius 2 is 1.72 bits per heavy atom. The minimum absolute atomic E-state index is 0.0606. The minimum atomic E-state index is -0.169. The van der Waals surface area contributed by atoms with Gasteiger partial charge in [0.1, 0.15) is 18.1 Å². The Bertz CT molecular complexity index is 805. The van der Waals surface area contributed by atoms with Crippen LogP contribution in [0.15, 0.2) is 34.7 Å². The summed E-state index contributed by atoms with van der Waals surface area (Å²) >= 11 is 0. The summed E-state index contributed by atoms with van der Waals surface area (Å²) in [6.45, 7) is 13.9. The quantitative estimate of drug-likeness (QED) is 0.330. The summed E-state index contributed by atoms with van der Waals surface area (Å²) in [5.41, 5.74) is 2.23. The van der Waals surface area contributed by atoms with Crippen LogP contribution in [0.4, 0.5) is 0 Å². The van der Waals surface area contributed by atoms with E-state index in [2.05, 4.69) is 37.1 Å². The van der Waals surface area contributed by atoms with Gasteiger partial charge in [-0.05, 0) is 76.0 Å². The molecule has 0 radical (unpaired) electrons. The van der Waals surface area contributed by atoms with E-state index < -0.39 is 0 Å². The second kappa shape index (κ2) is 14.0. The molecule has 1 heterocycles. The molecule has 1 aromatic carbocycles. The summed E-state index contributed by atoms with van der Waals surface area (Å²) in [5.74, 6) is 1.65. The van der Waals surface area contributed by atoms with Crippen LogP contribution < -0.4 is 10.1 Å². The van der Waals surface area contributed by atoms with Crippen molar-refractivity contribution in [3.63, 3.8) is 0 Å². The molecule has 0 saturated heterocycles. The molecule has 1 N–H and O–H groups in total. The van der Waals surface area contributed by atoms with Crippen LogP contribution in [0.2, 0.25) is 0 Å². The lowest BCUT2D eigenvalue weighted by Crippen LogP contribution is -2.42. The number of hydrogen-bond donors (Lipinski definition) is 1. The van der Waals surface area contributed by atoms with Crippen molar-refractivity contribution in [2.75, 3.05) is 19.6 Å². The first-order valence-corrected chi connectivity index (χ1v) is 12.2. The molecule has 1 atom stereocenters. The molecule has 5 heteroatoms. The predicted octanol–water partition coefficient (Wildman–Crippen LogP) is 6.28. The highest BCUT2D eigenvalue weighted by Crippen LogP contribution is 2.21. The molecule has 1 unspecified atom stereocenters. The third-order valence-corrected chi connectivity index (χ3v) is 5.66. The summed E-state index contributed by atoms with van der Waals surface area (Å²) in [5, 5.41) is 3.10. The lowest BCUT2D eigenvalue weighted by molar-refractivity contribution is 0.0896. The van der Waals surface area contributed by atoms with E-state index in [0.717, 1.165) is 36.5 Å². The fourth-order valence-electron chi connectivity index (χ4n) is 3.78. The van der Waals surface area contributed by atoms with Gasteiger partial charge in [-0.3, -0.25) is 4.79 Å². The number of hydrogen-bond acceptors (Lipinski definition) is 4. The summed E-state index contributed by atoms with van der Waals surface area (Å²) in [4.78, 5) is 15.2. The van der Waals surface area contributed by atoms with Gasteiger partial charge in [-0.1, -0.05) is 51.7 Å². The van der Waals surface area contributed by atoms with Crippen LogP contribution >= 0.6 is 0 Å². The molecule has 2 rings (SSSR count). The Kier molecular flexibility index (Phi) is 11.4. The topological polar surface area (TPSA) is 54.7 Å². The van der Waals surface area contributed by atoms with Crippen LogP contribution in [0.3, 0.4) is 0 Å². The summed E-state index contributed by atoms with van der Waals surface area (Å²) in [6.07, 6.45) is 7.39. The van der Waals surface area contributed by atoms with Gasteiger partial charge in [0.25, 0.3) is 5.91 Å². The second-order valence-electron chi connectivity index (χ2n) is 8.91. The molecular weight excluding hydrogens is 400 g/mol. The van der Waals surface area contributed by atoms with Crippen LogP contribution in [0.5, 0.6) is 5.75 Å². The molecule has 0 aliphatic carbocycles. The highest BCUT2D eigenvalue weighted by Gasteiger charge is 2.16. The van der Waals surface area contributed by atoms with Crippen LogP contribution in [0.25, 0.3) is 0 Å². The van der Waals surface area contributed by atoms with Gasteiger partial charge < -0.3 is 19.4 Å². The van der Waals surface area contributed by atoms with E-state index in [1.807, 2.05) is 32.0 Å². The van der Waals surface area contributed by atoms with Crippen molar-refractivity contribution in [1.29, 1.82) is 0 Å². The van der Waals surface area contributed by atoms with Gasteiger partial charge in [0.2, 0.25) is 0 Å². The molecule has 32 heavy (non-hydrogen) atoms. The van der Waals surface area contributed by atoms with Crippen LogP contribution in [0, 0.1) is 13.8 Å². The lowest BCUT2D eigenvalue weighted by Gasteiger charge is -2.26. The largest absolute Gasteiger partial charge is 0.485 e. The first-order chi connectivity index (χ1) is 15.4. The first-order valence-electron chi connectivity index (χ1n) is 12.2. The smallest absolute Gasteiger partial charge is 0.287 e. The van der Waals surface area contributed by atoms with Crippen molar-refractivity contribution in [2.45, 2.75) is 85.8 Å². The number of unbranched alkanes of at least 4 members (excludes halogenated alkanes) is 4. The highest BCUT2D eigenvalue weighted by molar-refractivity contribution is 5.91. The Hall–Kier alpha value is -2.27. The molecule has 0 spiro atoms. The van der Waals surface area contributed by atoms with Crippen molar-refractivity contribution in [3.05, 3.63) is 53.0 Å². The zero-order valence-electron chi connectivity index (χ0n) is 20.7. The lowest BCUT2D eigenvalue weighted by atomic mass is 10.1. The number of furan rings is 1. The van der Waals surface area contributed by atoms with Gasteiger partial charge in [0, 0.05) is 12.6 Å². The number of aryl methyl sites for hydroxylation is 2. The summed E-state index contributed by atoms with van der Waals surface area (Å²) in [7, 11) is 0. The molecule has 1 aromatic heterocycles. The maximum atomic E-state index is 12.7. The van der Waals surface area contributed by atoms with Crippen LogP contribution in [0.1, 0.15) is 86.7 Å². The Labute approximate surface area is 194 Å². The van der Waals surface area contributed by atoms with Gasteiger partial charge in [-0.15, -0.1) is 0 Å². The van der Waals surface area contributed by atoms with E-state index in [4.69, 9.17) is 9.15 Å². The number of nitrogens with one attached hydrogen (secondary N) is 1. The maximum absolute atomic E-state index is 12.7. The summed E-state index contributed by atoms with van der Waals surface area (Å²) < 4.78 is 11.6. The average molecular weight is 443 g/mol. The minimum Gasteiger partial charge on any atom is -0.485 e. The van der Waals surface area contributed by atoms with E-state index >= 15 is 0 Å². The van der Waals surface area contributed by atoms with Crippen LogP contribution in [-0.4, -0.2) is 36.5 Å². The molecular formula is C27H42N2O3. The molecule has 0 bridgehead atoms. The van der Waals surface area contributed by atoms with Crippen molar-refractivity contribution in [3.8, 4) is 5.75 Å². The monoisotopic (exact) mass is 442 g/mol. The van der Waals surface area contributed by atoms with Gasteiger partial charge >= 0.3 is 0 Å². The molecule has 0 aliphatic heterocycles. The zero-order valence-corrected chi connectivity index (χ0v) is 20.7.